The molecule has 2 heterocycles. The lowest BCUT2D eigenvalue weighted by Gasteiger charge is -2.18. The van der Waals surface area contributed by atoms with E-state index in [1.54, 1.807) is 42.5 Å². The molecule has 35 heavy (non-hydrogen) atoms. The van der Waals surface area contributed by atoms with Gasteiger partial charge in [0.25, 0.3) is 10.0 Å². The van der Waals surface area contributed by atoms with Crippen molar-refractivity contribution >= 4 is 55.7 Å². The molecule has 0 unspecified atom stereocenters. The molecule has 0 radical (unpaired) electrons. The summed E-state index contributed by atoms with van der Waals surface area (Å²) in [5.74, 6) is -0.642. The predicted molar refractivity (Wildman–Crippen MR) is 135 cm³/mol. The number of aromatic nitrogens is 2. The van der Waals surface area contributed by atoms with E-state index in [1.807, 2.05) is 16.9 Å². The van der Waals surface area contributed by atoms with E-state index in [0.29, 0.717) is 27.6 Å². The van der Waals surface area contributed by atoms with E-state index in [0.717, 1.165) is 41.7 Å². The van der Waals surface area contributed by atoms with Crippen LogP contribution in [0.25, 0.3) is 16.5 Å². The van der Waals surface area contributed by atoms with Crippen LogP contribution in [0.5, 0.6) is 0 Å². The number of allylic oxidation sites excluding steroid dienone is 1. The first-order chi connectivity index (χ1) is 16.8. The van der Waals surface area contributed by atoms with Crippen LogP contribution in [0, 0.1) is 0 Å². The van der Waals surface area contributed by atoms with Crippen LogP contribution >= 0.6 is 23.2 Å². The third kappa shape index (κ3) is 5.00. The van der Waals surface area contributed by atoms with Crippen LogP contribution in [0.15, 0.2) is 70.3 Å². The number of carbonyl (C=O) groups excluding carboxylic acids is 1. The smallest absolute Gasteiger partial charge is 0.297 e. The van der Waals surface area contributed by atoms with Gasteiger partial charge in [0.15, 0.2) is 0 Å². The van der Waals surface area contributed by atoms with Crippen LogP contribution in [0.1, 0.15) is 36.1 Å². The lowest BCUT2D eigenvalue weighted by molar-refractivity contribution is -0.118. The minimum atomic E-state index is -4.12. The molecule has 1 aliphatic rings. The van der Waals surface area contributed by atoms with Crippen molar-refractivity contribution in [2.24, 2.45) is 0 Å². The van der Waals surface area contributed by atoms with Crippen molar-refractivity contribution < 1.29 is 17.6 Å². The highest BCUT2D eigenvalue weighted by Crippen LogP contribution is 2.32. The van der Waals surface area contributed by atoms with Crippen LogP contribution in [0.3, 0.4) is 0 Å². The molecular weight excluding hydrogens is 509 g/mol. The Morgan fingerprint density at radius 2 is 1.97 bits per heavy atom. The molecule has 7 nitrogen and oxygen atoms in total. The molecule has 0 bridgehead atoms. The molecule has 0 spiro atoms. The first kappa shape index (κ1) is 23.7. The number of rotatable bonds is 6. The molecule has 1 aliphatic carbocycles. The van der Waals surface area contributed by atoms with Crippen molar-refractivity contribution in [2.75, 3.05) is 0 Å². The Balaban J connectivity index is 1.34. The Kier molecular flexibility index (Phi) is 6.44. The van der Waals surface area contributed by atoms with E-state index in [4.69, 9.17) is 27.6 Å². The molecular formula is C25H21Cl2N3O4S. The second-order valence-electron chi connectivity index (χ2n) is 8.33. The van der Waals surface area contributed by atoms with Gasteiger partial charge < -0.3 is 4.42 Å². The zero-order valence-corrected chi connectivity index (χ0v) is 20.8. The van der Waals surface area contributed by atoms with Gasteiger partial charge in [-0.25, -0.2) is 4.72 Å². The number of hydrogen-bond acceptors (Lipinski definition) is 5. The van der Waals surface area contributed by atoms with Gasteiger partial charge in [-0.15, -0.1) is 0 Å². The zero-order valence-electron chi connectivity index (χ0n) is 18.5. The van der Waals surface area contributed by atoms with Crippen molar-refractivity contribution in [1.29, 1.82) is 0 Å². The summed E-state index contributed by atoms with van der Waals surface area (Å²) in [7, 11) is -4.12. The highest BCUT2D eigenvalue weighted by Gasteiger charge is 2.23. The number of nitrogens with one attached hydrogen (secondary N) is 1. The fraction of sp³-hybridized carbons (Fsp3) is 0.200. The van der Waals surface area contributed by atoms with Crippen molar-refractivity contribution in [1.82, 2.24) is 14.5 Å². The normalized spacial score (nSPS) is 14.9. The zero-order chi connectivity index (χ0) is 24.6. The highest BCUT2D eigenvalue weighted by atomic mass is 35.5. The monoisotopic (exact) mass is 529 g/mol. The van der Waals surface area contributed by atoms with E-state index in [9.17, 15) is 13.2 Å². The Bertz CT molecular complexity index is 1540. The first-order valence-electron chi connectivity index (χ1n) is 11.0. The number of nitrogens with zero attached hydrogens (tertiary/aromatic N) is 2. The minimum absolute atomic E-state index is 0.0961. The van der Waals surface area contributed by atoms with Crippen molar-refractivity contribution in [3.05, 3.63) is 87.7 Å². The summed E-state index contributed by atoms with van der Waals surface area (Å²) in [4.78, 5) is 12.6. The number of para-hydroxylation sites is 1. The van der Waals surface area contributed by atoms with E-state index < -0.39 is 15.9 Å². The summed E-state index contributed by atoms with van der Waals surface area (Å²) in [6, 6.07) is 13.7. The van der Waals surface area contributed by atoms with Crippen LogP contribution in [0.4, 0.5) is 0 Å². The second kappa shape index (κ2) is 9.53. The average Bonchev–Trinajstić information content (AvgIpc) is 3.44. The van der Waals surface area contributed by atoms with E-state index in [-0.39, 0.29) is 11.5 Å². The molecule has 1 amide bonds. The number of benzene rings is 2. The highest BCUT2D eigenvalue weighted by molar-refractivity contribution is 7.89. The van der Waals surface area contributed by atoms with Gasteiger partial charge >= 0.3 is 0 Å². The third-order valence-electron chi connectivity index (χ3n) is 5.90. The van der Waals surface area contributed by atoms with Crippen LogP contribution in [-0.4, -0.2) is 24.1 Å². The molecule has 10 heteroatoms. The van der Waals surface area contributed by atoms with Gasteiger partial charge in [-0.3, -0.25) is 9.48 Å². The number of halogens is 2. The molecule has 0 aliphatic heterocycles. The Hall–Kier alpha value is -3.07. The molecule has 0 fully saturated rings. The summed E-state index contributed by atoms with van der Waals surface area (Å²) in [5, 5.41) is 5.99. The van der Waals surface area contributed by atoms with Crippen LogP contribution < -0.4 is 4.72 Å². The van der Waals surface area contributed by atoms with E-state index in [1.165, 1.54) is 6.07 Å². The summed E-state index contributed by atoms with van der Waals surface area (Å²) >= 11 is 12.4. The Morgan fingerprint density at radius 1 is 1.14 bits per heavy atom. The maximum atomic E-state index is 12.7. The number of carbonyl (C=O) groups is 1. The Morgan fingerprint density at radius 3 is 2.77 bits per heavy atom. The molecule has 0 atom stereocenters. The van der Waals surface area contributed by atoms with Gasteiger partial charge in [0.05, 0.1) is 18.4 Å². The number of sulfonamides is 1. The molecule has 4 aromatic rings. The molecule has 1 N–H and O–H groups in total. The predicted octanol–water partition coefficient (Wildman–Crippen LogP) is 5.60. The van der Waals surface area contributed by atoms with Gasteiger partial charge in [0, 0.05) is 27.9 Å². The maximum Gasteiger partial charge on any atom is 0.297 e. The number of amides is 1. The average molecular weight is 530 g/mol. The standard InChI is InChI=1S/C25H21Cl2N3O4S/c26-20-10-8-19(21(27)13-20)15-30-25-16(5-3-6-18(25)14-28-30)9-11-23(31)29-35(32,33)24-12-17-4-1-2-7-22(17)34-24/h1-2,4,7-10,12-14H,3,5-6,11,15H2,(H,29,31)/b16-9+. The first-order valence-corrected chi connectivity index (χ1v) is 13.3. The van der Waals surface area contributed by atoms with Crippen molar-refractivity contribution in [3.63, 3.8) is 0 Å². The van der Waals surface area contributed by atoms with Gasteiger partial charge in [-0.05, 0) is 54.2 Å². The van der Waals surface area contributed by atoms with Crippen molar-refractivity contribution in [3.8, 4) is 0 Å². The molecule has 2 aromatic heterocycles. The number of fused-ring (bicyclic) bond motifs is 2. The quantitative estimate of drug-likeness (QED) is 0.350. The lowest BCUT2D eigenvalue weighted by Crippen LogP contribution is -2.29. The van der Waals surface area contributed by atoms with Crippen molar-refractivity contribution in [2.45, 2.75) is 37.3 Å². The van der Waals surface area contributed by atoms with Gasteiger partial charge in [0.2, 0.25) is 11.0 Å². The van der Waals surface area contributed by atoms with E-state index >= 15 is 0 Å². The molecule has 2 aromatic carbocycles. The van der Waals surface area contributed by atoms with Gasteiger partial charge in [-0.1, -0.05) is 53.5 Å². The second-order valence-corrected chi connectivity index (χ2v) is 10.8. The fourth-order valence-corrected chi connectivity index (χ4v) is 5.68. The summed E-state index contributed by atoms with van der Waals surface area (Å²) in [5.41, 5.74) is 4.29. The summed E-state index contributed by atoms with van der Waals surface area (Å²) in [6.45, 7) is 0.454. The van der Waals surface area contributed by atoms with Gasteiger partial charge in [-0.2, -0.15) is 13.5 Å². The summed E-state index contributed by atoms with van der Waals surface area (Å²) in [6.07, 6.45) is 6.07. The largest absolute Gasteiger partial charge is 0.443 e. The Labute approximate surface area is 212 Å². The third-order valence-corrected chi connectivity index (χ3v) is 7.71. The van der Waals surface area contributed by atoms with E-state index in [2.05, 4.69) is 9.82 Å². The lowest BCUT2D eigenvalue weighted by atomic mass is 9.92. The molecule has 180 valence electrons. The molecule has 0 saturated carbocycles. The molecule has 5 rings (SSSR count). The SMILES string of the molecule is O=C(C/C=C1\CCCc2cnn(Cc3ccc(Cl)cc3Cl)c21)NS(=O)(=O)c1cc2ccccc2o1. The number of furan rings is 1. The fourth-order valence-electron chi connectivity index (χ4n) is 4.24. The summed E-state index contributed by atoms with van der Waals surface area (Å²) < 4.78 is 34.7. The number of hydrogen-bond donors (Lipinski definition) is 1. The molecule has 0 saturated heterocycles. The number of aryl methyl sites for hydroxylation is 1. The van der Waals surface area contributed by atoms with Crippen LogP contribution in [-0.2, 0) is 27.8 Å². The van der Waals surface area contributed by atoms with Gasteiger partial charge in [0.1, 0.15) is 5.58 Å². The minimum Gasteiger partial charge on any atom is -0.443 e. The van der Waals surface area contributed by atoms with Crippen LogP contribution in [0.2, 0.25) is 10.0 Å². The topological polar surface area (TPSA) is 94.2 Å². The maximum absolute atomic E-state index is 12.7.